The van der Waals surface area contributed by atoms with Gasteiger partial charge in [-0.1, -0.05) is 0 Å². The van der Waals surface area contributed by atoms with E-state index >= 15 is 0 Å². The molecular formula is C14H15F4N3O2. The van der Waals surface area contributed by atoms with Crippen LogP contribution in [-0.4, -0.2) is 29.6 Å². The van der Waals surface area contributed by atoms with Gasteiger partial charge in [-0.15, -0.1) is 0 Å². The van der Waals surface area contributed by atoms with Gasteiger partial charge in [-0.2, -0.15) is 8.78 Å². The quantitative estimate of drug-likeness (QED) is 0.814. The molecule has 0 bridgehead atoms. The maximum atomic E-state index is 13.0. The number of carbonyl (C=O) groups is 1. The highest BCUT2D eigenvalue weighted by molar-refractivity contribution is 5.74. The summed E-state index contributed by atoms with van der Waals surface area (Å²) in [5.41, 5.74) is 0.535. The lowest BCUT2D eigenvalue weighted by atomic mass is 10.2. The maximum Gasteiger partial charge on any atom is 0.388 e. The maximum absolute atomic E-state index is 13.0. The Balaban J connectivity index is 1.43. The average Bonchev–Trinajstić information content (AvgIpc) is 2.91. The van der Waals surface area contributed by atoms with Gasteiger partial charge in [0, 0.05) is 37.7 Å². The molecule has 126 valence electrons. The Bertz CT molecular complexity index is 585. The van der Waals surface area contributed by atoms with Crippen molar-refractivity contribution in [3.63, 3.8) is 0 Å². The first-order valence-corrected chi connectivity index (χ1v) is 7.16. The van der Waals surface area contributed by atoms with E-state index in [0.29, 0.717) is 5.56 Å². The van der Waals surface area contributed by atoms with Gasteiger partial charge in [-0.25, -0.2) is 18.6 Å². The highest BCUT2D eigenvalue weighted by Gasteiger charge is 2.63. The number of fused-ring (bicyclic) bond motifs is 1. The topological polar surface area (TPSA) is 63.2 Å². The van der Waals surface area contributed by atoms with Crippen molar-refractivity contribution in [1.82, 2.24) is 15.6 Å². The van der Waals surface area contributed by atoms with Gasteiger partial charge in [-0.3, -0.25) is 0 Å². The first-order chi connectivity index (χ1) is 10.8. The number of nitrogens with zero attached hydrogens (tertiary/aromatic N) is 1. The Hall–Kier alpha value is -2.06. The van der Waals surface area contributed by atoms with Crippen LogP contribution in [0.15, 0.2) is 18.3 Å². The monoisotopic (exact) mass is 333 g/mol. The Morgan fingerprint density at radius 2 is 2.09 bits per heavy atom. The van der Waals surface area contributed by atoms with Crippen molar-refractivity contribution in [3.8, 4) is 5.88 Å². The van der Waals surface area contributed by atoms with Crippen molar-refractivity contribution in [1.29, 1.82) is 0 Å². The van der Waals surface area contributed by atoms with Gasteiger partial charge in [0.05, 0.1) is 0 Å². The molecule has 0 spiro atoms. The fourth-order valence-corrected chi connectivity index (χ4v) is 3.09. The molecule has 0 radical (unpaired) electrons. The Kier molecular flexibility index (Phi) is 4.03. The lowest BCUT2D eigenvalue weighted by Crippen LogP contribution is -2.39. The van der Waals surface area contributed by atoms with Crippen molar-refractivity contribution in [2.45, 2.75) is 38.0 Å². The van der Waals surface area contributed by atoms with Crippen molar-refractivity contribution < 1.29 is 27.1 Å². The minimum Gasteiger partial charge on any atom is -0.417 e. The van der Waals surface area contributed by atoms with Crippen LogP contribution in [0.5, 0.6) is 5.88 Å². The molecular weight excluding hydrogens is 318 g/mol. The fourth-order valence-electron chi connectivity index (χ4n) is 3.09. The van der Waals surface area contributed by atoms with Gasteiger partial charge in [0.25, 0.3) is 0 Å². The van der Waals surface area contributed by atoms with E-state index in [2.05, 4.69) is 20.4 Å². The molecule has 0 saturated heterocycles. The SMILES string of the molecule is O=C(NCc1ccnc(OC(F)F)c1)N[C@H]1[C@@H]2CC(F)(F)C[C@@H]21. The molecule has 2 N–H and O–H groups in total. The molecule has 2 saturated carbocycles. The van der Waals surface area contributed by atoms with Crippen LogP contribution in [0.1, 0.15) is 18.4 Å². The van der Waals surface area contributed by atoms with Crippen LogP contribution in [0, 0.1) is 11.8 Å². The van der Waals surface area contributed by atoms with Crippen LogP contribution in [0.3, 0.4) is 0 Å². The first-order valence-electron chi connectivity index (χ1n) is 7.16. The summed E-state index contributed by atoms with van der Waals surface area (Å²) < 4.78 is 54.4. The highest BCUT2D eigenvalue weighted by Crippen LogP contribution is 2.58. The summed E-state index contributed by atoms with van der Waals surface area (Å²) >= 11 is 0. The van der Waals surface area contributed by atoms with Crippen LogP contribution in [0.4, 0.5) is 22.4 Å². The van der Waals surface area contributed by atoms with Gasteiger partial charge in [0.15, 0.2) is 0 Å². The van der Waals surface area contributed by atoms with Gasteiger partial charge in [0.2, 0.25) is 11.8 Å². The zero-order valence-electron chi connectivity index (χ0n) is 11.9. The zero-order valence-corrected chi connectivity index (χ0v) is 11.9. The van der Waals surface area contributed by atoms with Crippen LogP contribution in [0.25, 0.3) is 0 Å². The molecule has 1 heterocycles. The second-order valence-corrected chi connectivity index (χ2v) is 5.83. The number of hydrogen-bond donors (Lipinski definition) is 2. The predicted molar refractivity (Wildman–Crippen MR) is 71.2 cm³/mol. The summed E-state index contributed by atoms with van der Waals surface area (Å²) in [6.45, 7) is -2.88. The van der Waals surface area contributed by atoms with Crippen molar-refractivity contribution in [2.75, 3.05) is 0 Å². The number of alkyl halides is 4. The Morgan fingerprint density at radius 3 is 2.74 bits per heavy atom. The molecule has 2 aliphatic carbocycles. The minimum absolute atomic E-state index is 0.0894. The number of pyridine rings is 1. The smallest absolute Gasteiger partial charge is 0.388 e. The Morgan fingerprint density at radius 1 is 1.39 bits per heavy atom. The third-order valence-corrected chi connectivity index (χ3v) is 4.16. The molecule has 0 unspecified atom stereocenters. The molecule has 1 aromatic rings. The number of aromatic nitrogens is 1. The fraction of sp³-hybridized carbons (Fsp3) is 0.571. The summed E-state index contributed by atoms with van der Waals surface area (Å²) in [6, 6.07) is 2.16. The number of nitrogens with one attached hydrogen (secondary N) is 2. The third-order valence-electron chi connectivity index (χ3n) is 4.16. The van der Waals surface area contributed by atoms with Gasteiger partial charge < -0.3 is 15.4 Å². The van der Waals surface area contributed by atoms with E-state index in [9.17, 15) is 22.4 Å². The molecule has 5 nitrogen and oxygen atoms in total. The predicted octanol–water partition coefficient (Wildman–Crippen LogP) is 2.53. The second-order valence-electron chi connectivity index (χ2n) is 5.83. The van der Waals surface area contributed by atoms with E-state index in [4.69, 9.17) is 0 Å². The number of rotatable bonds is 5. The summed E-state index contributed by atoms with van der Waals surface area (Å²) in [6.07, 6.45) is 0.933. The minimum atomic E-state index is -2.97. The Labute approximate surface area is 129 Å². The van der Waals surface area contributed by atoms with Crippen molar-refractivity contribution >= 4 is 6.03 Å². The average molecular weight is 333 g/mol. The molecule has 0 aromatic carbocycles. The van der Waals surface area contributed by atoms with Crippen LogP contribution >= 0.6 is 0 Å². The first kappa shape index (κ1) is 15.8. The number of urea groups is 1. The van der Waals surface area contributed by atoms with Gasteiger partial charge in [-0.05, 0) is 23.5 Å². The van der Waals surface area contributed by atoms with Gasteiger partial charge in [0.1, 0.15) is 0 Å². The number of amides is 2. The van der Waals surface area contributed by atoms with E-state index in [-0.39, 0.29) is 43.1 Å². The number of ether oxygens (including phenoxy) is 1. The van der Waals surface area contributed by atoms with E-state index < -0.39 is 18.6 Å². The summed E-state index contributed by atoms with van der Waals surface area (Å²) in [4.78, 5) is 15.4. The molecule has 3 rings (SSSR count). The van der Waals surface area contributed by atoms with E-state index in [0.717, 1.165) is 0 Å². The van der Waals surface area contributed by atoms with Gasteiger partial charge >= 0.3 is 12.6 Å². The molecule has 1 aromatic heterocycles. The van der Waals surface area contributed by atoms with Crippen molar-refractivity contribution in [2.24, 2.45) is 11.8 Å². The molecule has 0 aliphatic heterocycles. The summed E-state index contributed by atoms with van der Waals surface area (Å²) in [5.74, 6) is -3.15. The van der Waals surface area contributed by atoms with Crippen molar-refractivity contribution in [3.05, 3.63) is 23.9 Å². The van der Waals surface area contributed by atoms with E-state index in [1.165, 1.54) is 12.3 Å². The second kappa shape index (κ2) is 5.86. The number of hydrogen-bond acceptors (Lipinski definition) is 3. The van der Waals surface area contributed by atoms with Crippen LogP contribution in [-0.2, 0) is 6.54 Å². The number of carbonyl (C=O) groups excluding carboxylic acids is 1. The normalized spacial score (nSPS) is 27.4. The van der Waals surface area contributed by atoms with Crippen LogP contribution < -0.4 is 15.4 Å². The molecule has 2 fully saturated rings. The van der Waals surface area contributed by atoms with E-state index in [1.807, 2.05) is 0 Å². The summed E-state index contributed by atoms with van der Waals surface area (Å²) in [5, 5.41) is 5.21. The molecule has 2 aliphatic rings. The summed E-state index contributed by atoms with van der Waals surface area (Å²) in [7, 11) is 0. The van der Waals surface area contributed by atoms with Crippen LogP contribution in [0.2, 0.25) is 0 Å². The number of halogens is 4. The molecule has 2 amide bonds. The standard InChI is InChI=1S/C14H15F4N3O2/c15-12(16)23-10-3-7(1-2-19-10)6-20-13(22)21-11-8-4-14(17,18)5-9(8)11/h1-3,8-9,11-12H,4-6H2,(H2,20,21,22)/t8-,9+,11+. The molecule has 23 heavy (non-hydrogen) atoms. The largest absolute Gasteiger partial charge is 0.417 e. The lowest BCUT2D eigenvalue weighted by molar-refractivity contribution is -0.0529. The lowest BCUT2D eigenvalue weighted by Gasteiger charge is -2.14. The highest BCUT2D eigenvalue weighted by atomic mass is 19.3. The third kappa shape index (κ3) is 3.83. The molecule has 3 atom stereocenters. The zero-order chi connectivity index (χ0) is 16.6. The van der Waals surface area contributed by atoms with E-state index in [1.54, 1.807) is 6.07 Å². The molecule has 9 heteroatoms.